The van der Waals surface area contributed by atoms with Gasteiger partial charge in [-0.05, 0) is 14.0 Å². The average molecular weight is 200 g/mol. The highest BCUT2D eigenvalue weighted by atomic mass is 16.4. The minimum absolute atomic E-state index is 0.0661. The van der Waals surface area contributed by atoms with Crippen LogP contribution in [-0.4, -0.2) is 59.5 Å². The van der Waals surface area contributed by atoms with E-state index in [0.717, 1.165) is 6.54 Å². The van der Waals surface area contributed by atoms with Crippen molar-refractivity contribution in [3.63, 3.8) is 0 Å². The Hall–Kier alpha value is -1.10. The molecule has 5 nitrogen and oxygen atoms in total. The number of nitrogens with zero attached hydrogens (tertiary/aromatic N) is 2. The van der Waals surface area contributed by atoms with Crippen LogP contribution < -0.4 is 0 Å². The van der Waals surface area contributed by atoms with Gasteiger partial charge in [-0.3, -0.25) is 14.5 Å². The molecule has 1 aliphatic rings. The van der Waals surface area contributed by atoms with Crippen LogP contribution in [0.3, 0.4) is 0 Å². The van der Waals surface area contributed by atoms with Crippen LogP contribution in [0.2, 0.25) is 0 Å². The third kappa shape index (κ3) is 2.23. The topological polar surface area (TPSA) is 60.9 Å². The van der Waals surface area contributed by atoms with Crippen LogP contribution in [0.4, 0.5) is 0 Å². The largest absolute Gasteiger partial charge is 0.481 e. The van der Waals surface area contributed by atoms with Gasteiger partial charge in [0.25, 0.3) is 0 Å². The second kappa shape index (κ2) is 4.41. The van der Waals surface area contributed by atoms with Crippen molar-refractivity contribution in [2.75, 3.05) is 26.7 Å². The minimum atomic E-state index is -0.923. The van der Waals surface area contributed by atoms with Gasteiger partial charge in [-0.1, -0.05) is 0 Å². The Morgan fingerprint density at radius 1 is 1.57 bits per heavy atom. The molecule has 0 radical (unpaired) electrons. The van der Waals surface area contributed by atoms with E-state index in [0.29, 0.717) is 13.1 Å². The number of aliphatic carboxylic acids is 1. The number of piperazine rings is 1. The van der Waals surface area contributed by atoms with Crippen LogP contribution in [0.15, 0.2) is 0 Å². The van der Waals surface area contributed by atoms with Gasteiger partial charge in [0, 0.05) is 19.6 Å². The molecule has 5 heteroatoms. The molecule has 1 unspecified atom stereocenters. The van der Waals surface area contributed by atoms with Crippen molar-refractivity contribution in [3.05, 3.63) is 0 Å². The molecular weight excluding hydrogens is 184 g/mol. The number of likely N-dealkylation sites (N-methyl/N-ethyl adjacent to an activating group) is 2. The Labute approximate surface area is 83.3 Å². The quantitative estimate of drug-likeness (QED) is 0.675. The van der Waals surface area contributed by atoms with Crippen LogP contribution in [-0.2, 0) is 9.59 Å². The SMILES string of the molecule is CCN1CCN(C)C(CC(=O)O)C1=O. The highest BCUT2D eigenvalue weighted by Crippen LogP contribution is 2.12. The van der Waals surface area contributed by atoms with E-state index in [4.69, 9.17) is 5.11 Å². The molecule has 1 N–H and O–H groups in total. The molecular formula is C9H16N2O3. The second-order valence-corrected chi connectivity index (χ2v) is 3.51. The zero-order chi connectivity index (χ0) is 10.7. The van der Waals surface area contributed by atoms with Gasteiger partial charge in [0.2, 0.25) is 5.91 Å². The molecule has 0 aromatic rings. The number of carbonyl (C=O) groups is 2. The van der Waals surface area contributed by atoms with E-state index < -0.39 is 12.0 Å². The summed E-state index contributed by atoms with van der Waals surface area (Å²) in [5.74, 6) is -0.989. The van der Waals surface area contributed by atoms with Crippen LogP contribution in [0.25, 0.3) is 0 Å². The minimum Gasteiger partial charge on any atom is -0.481 e. The summed E-state index contributed by atoms with van der Waals surface area (Å²) in [5.41, 5.74) is 0. The van der Waals surface area contributed by atoms with Crippen molar-refractivity contribution in [2.45, 2.75) is 19.4 Å². The third-order valence-electron chi connectivity index (χ3n) is 2.60. The van der Waals surface area contributed by atoms with Crippen molar-refractivity contribution in [3.8, 4) is 0 Å². The maximum absolute atomic E-state index is 11.7. The van der Waals surface area contributed by atoms with Gasteiger partial charge in [0.1, 0.15) is 0 Å². The first-order chi connectivity index (χ1) is 6.56. The number of amides is 1. The summed E-state index contributed by atoms with van der Waals surface area (Å²) in [6.45, 7) is 4.00. The first-order valence-electron chi connectivity index (χ1n) is 4.77. The smallest absolute Gasteiger partial charge is 0.305 e. The van der Waals surface area contributed by atoms with Crippen molar-refractivity contribution < 1.29 is 14.7 Å². The Balaban J connectivity index is 2.68. The molecule has 0 spiro atoms. The van der Waals surface area contributed by atoms with Gasteiger partial charge >= 0.3 is 5.97 Å². The summed E-state index contributed by atoms with van der Waals surface area (Å²) in [6.07, 6.45) is -0.105. The molecule has 1 rings (SSSR count). The number of carbonyl (C=O) groups excluding carboxylic acids is 1. The van der Waals surface area contributed by atoms with E-state index in [1.54, 1.807) is 11.9 Å². The molecule has 0 bridgehead atoms. The summed E-state index contributed by atoms with van der Waals surface area (Å²) in [7, 11) is 1.79. The summed E-state index contributed by atoms with van der Waals surface area (Å²) >= 11 is 0. The standard InChI is InChI=1S/C9H16N2O3/c1-3-11-5-4-10(2)7(9(11)14)6-8(12)13/h7H,3-6H2,1-2H3,(H,12,13). The van der Waals surface area contributed by atoms with E-state index in [1.165, 1.54) is 0 Å². The molecule has 0 aromatic heterocycles. The number of carboxylic acid groups (broad SMARTS) is 1. The number of hydrogen-bond donors (Lipinski definition) is 1. The Bertz CT molecular complexity index is 242. The van der Waals surface area contributed by atoms with Gasteiger partial charge in [-0.15, -0.1) is 0 Å². The molecule has 1 fully saturated rings. The molecule has 80 valence electrons. The molecule has 0 aliphatic carbocycles. The molecule has 1 heterocycles. The normalized spacial score (nSPS) is 24.0. The van der Waals surface area contributed by atoms with Gasteiger partial charge in [-0.2, -0.15) is 0 Å². The summed E-state index contributed by atoms with van der Waals surface area (Å²) in [6, 6.07) is -0.485. The molecule has 1 saturated heterocycles. The van der Waals surface area contributed by atoms with Crippen LogP contribution >= 0.6 is 0 Å². The molecule has 0 aromatic carbocycles. The summed E-state index contributed by atoms with van der Waals surface area (Å²) in [4.78, 5) is 25.8. The number of hydrogen-bond acceptors (Lipinski definition) is 3. The Morgan fingerprint density at radius 3 is 2.71 bits per heavy atom. The van der Waals surface area contributed by atoms with Crippen LogP contribution in [0.1, 0.15) is 13.3 Å². The van der Waals surface area contributed by atoms with Crippen molar-refractivity contribution in [2.24, 2.45) is 0 Å². The summed E-state index contributed by atoms with van der Waals surface area (Å²) < 4.78 is 0. The van der Waals surface area contributed by atoms with E-state index in [9.17, 15) is 9.59 Å². The lowest BCUT2D eigenvalue weighted by Crippen LogP contribution is -2.55. The lowest BCUT2D eigenvalue weighted by atomic mass is 10.1. The first-order valence-corrected chi connectivity index (χ1v) is 4.77. The fourth-order valence-electron chi connectivity index (χ4n) is 1.67. The van der Waals surface area contributed by atoms with Crippen molar-refractivity contribution in [1.82, 2.24) is 9.80 Å². The van der Waals surface area contributed by atoms with Gasteiger partial charge in [0.15, 0.2) is 0 Å². The molecule has 1 atom stereocenters. The predicted octanol–water partition coefficient (Wildman–Crippen LogP) is -0.376. The summed E-state index contributed by atoms with van der Waals surface area (Å²) in [5, 5.41) is 8.66. The predicted molar refractivity (Wildman–Crippen MR) is 50.9 cm³/mol. The van der Waals surface area contributed by atoms with Gasteiger partial charge in [-0.25, -0.2) is 0 Å². The third-order valence-corrected chi connectivity index (χ3v) is 2.60. The molecule has 0 saturated carbocycles. The van der Waals surface area contributed by atoms with Crippen LogP contribution in [0, 0.1) is 0 Å². The maximum atomic E-state index is 11.7. The Morgan fingerprint density at radius 2 is 2.21 bits per heavy atom. The van der Waals surface area contributed by atoms with E-state index in [1.807, 2.05) is 11.8 Å². The van der Waals surface area contributed by atoms with Gasteiger partial charge < -0.3 is 10.0 Å². The van der Waals surface area contributed by atoms with E-state index in [-0.39, 0.29) is 12.3 Å². The van der Waals surface area contributed by atoms with Crippen LogP contribution in [0.5, 0.6) is 0 Å². The van der Waals surface area contributed by atoms with E-state index >= 15 is 0 Å². The highest BCUT2D eigenvalue weighted by Gasteiger charge is 2.33. The van der Waals surface area contributed by atoms with Crippen molar-refractivity contribution >= 4 is 11.9 Å². The fraction of sp³-hybridized carbons (Fsp3) is 0.778. The Kier molecular flexibility index (Phi) is 3.46. The lowest BCUT2D eigenvalue weighted by molar-refractivity contribution is -0.148. The van der Waals surface area contributed by atoms with Gasteiger partial charge in [0.05, 0.1) is 12.5 Å². The molecule has 14 heavy (non-hydrogen) atoms. The average Bonchev–Trinajstić information content (AvgIpc) is 2.12. The van der Waals surface area contributed by atoms with E-state index in [2.05, 4.69) is 0 Å². The zero-order valence-corrected chi connectivity index (χ0v) is 8.56. The zero-order valence-electron chi connectivity index (χ0n) is 8.56. The number of rotatable bonds is 3. The second-order valence-electron chi connectivity index (χ2n) is 3.51. The number of carboxylic acids is 1. The van der Waals surface area contributed by atoms with Crippen molar-refractivity contribution in [1.29, 1.82) is 0 Å². The fourth-order valence-corrected chi connectivity index (χ4v) is 1.67. The lowest BCUT2D eigenvalue weighted by Gasteiger charge is -2.37. The molecule has 1 aliphatic heterocycles. The maximum Gasteiger partial charge on any atom is 0.305 e. The monoisotopic (exact) mass is 200 g/mol. The first kappa shape index (κ1) is 11.0. The molecule has 1 amide bonds. The highest BCUT2D eigenvalue weighted by molar-refractivity contribution is 5.86.